The second-order valence-electron chi connectivity index (χ2n) is 6.50. The minimum absolute atomic E-state index is 0.0424. The summed E-state index contributed by atoms with van der Waals surface area (Å²) in [6.45, 7) is 6.28. The number of halogens is 1. The van der Waals surface area contributed by atoms with Gasteiger partial charge in [-0.25, -0.2) is 4.79 Å². The molecule has 116 valence electrons. The molecule has 1 aromatic carbocycles. The van der Waals surface area contributed by atoms with E-state index < -0.39 is 5.60 Å². The van der Waals surface area contributed by atoms with Crippen LogP contribution in [0.4, 0.5) is 4.79 Å². The van der Waals surface area contributed by atoms with E-state index in [1.807, 2.05) is 45.0 Å². The smallest absolute Gasteiger partial charge is 0.410 e. The van der Waals surface area contributed by atoms with Crippen molar-refractivity contribution in [1.29, 1.82) is 0 Å². The fourth-order valence-corrected chi connectivity index (χ4v) is 3.12. The maximum atomic E-state index is 12.5. The van der Waals surface area contributed by atoms with Crippen molar-refractivity contribution in [2.45, 2.75) is 51.3 Å². The van der Waals surface area contributed by atoms with Gasteiger partial charge in [-0.15, -0.1) is 0 Å². The van der Waals surface area contributed by atoms with Crippen molar-refractivity contribution in [3.8, 4) is 0 Å². The Bertz CT molecular complexity index is 513. The third kappa shape index (κ3) is 4.20. The highest BCUT2D eigenvalue weighted by molar-refractivity contribution is 9.10. The van der Waals surface area contributed by atoms with Gasteiger partial charge in [-0.05, 0) is 45.2 Å². The van der Waals surface area contributed by atoms with Gasteiger partial charge in [-0.3, -0.25) is 0 Å². The first-order chi connectivity index (χ1) is 9.78. The Morgan fingerprint density at radius 2 is 2.05 bits per heavy atom. The molecule has 1 aliphatic heterocycles. The lowest BCUT2D eigenvalue weighted by molar-refractivity contribution is 0.00789. The maximum Gasteiger partial charge on any atom is 0.410 e. The number of amides is 1. The van der Waals surface area contributed by atoms with Crippen LogP contribution in [-0.4, -0.2) is 29.2 Å². The molecule has 1 aliphatic rings. The van der Waals surface area contributed by atoms with E-state index in [0.29, 0.717) is 6.54 Å². The van der Waals surface area contributed by atoms with Gasteiger partial charge in [0, 0.05) is 17.1 Å². The second-order valence-corrected chi connectivity index (χ2v) is 7.35. The Morgan fingerprint density at radius 3 is 2.67 bits per heavy atom. The first-order valence-electron chi connectivity index (χ1n) is 7.27. The van der Waals surface area contributed by atoms with Crippen LogP contribution in [0.1, 0.15) is 45.2 Å². The van der Waals surface area contributed by atoms with E-state index in [0.717, 1.165) is 22.9 Å². The van der Waals surface area contributed by atoms with E-state index in [4.69, 9.17) is 10.5 Å². The van der Waals surface area contributed by atoms with E-state index in [1.165, 1.54) is 0 Å². The topological polar surface area (TPSA) is 55.6 Å². The molecule has 0 radical (unpaired) electrons. The third-order valence-electron chi connectivity index (χ3n) is 3.54. The standard InChI is InChI=1S/C16H23BrN2O2/c1-16(2,3)21-15(20)19-9-8-11(18)10-14(19)12-6-4-5-7-13(12)17/h4-7,11,14H,8-10,18H2,1-3H3. The average Bonchev–Trinajstić information content (AvgIpc) is 2.37. The van der Waals surface area contributed by atoms with Gasteiger partial charge in [0.15, 0.2) is 0 Å². The van der Waals surface area contributed by atoms with Crippen molar-refractivity contribution in [3.05, 3.63) is 34.3 Å². The molecule has 0 saturated carbocycles. The Balaban J connectivity index is 2.26. The maximum absolute atomic E-state index is 12.5. The molecule has 1 amide bonds. The molecule has 0 aromatic heterocycles. The monoisotopic (exact) mass is 354 g/mol. The van der Waals surface area contributed by atoms with Crippen molar-refractivity contribution in [1.82, 2.24) is 4.90 Å². The lowest BCUT2D eigenvalue weighted by atomic mass is 9.92. The van der Waals surface area contributed by atoms with Gasteiger partial charge < -0.3 is 15.4 Å². The lowest BCUT2D eigenvalue weighted by Crippen LogP contribution is -2.47. The molecule has 4 nitrogen and oxygen atoms in total. The number of carbonyl (C=O) groups is 1. The van der Waals surface area contributed by atoms with Crippen LogP contribution in [0.5, 0.6) is 0 Å². The first kappa shape index (κ1) is 16.3. The quantitative estimate of drug-likeness (QED) is 0.833. The fraction of sp³-hybridized carbons (Fsp3) is 0.562. The van der Waals surface area contributed by atoms with E-state index in [1.54, 1.807) is 4.90 Å². The Labute approximate surface area is 134 Å². The van der Waals surface area contributed by atoms with Crippen LogP contribution in [-0.2, 0) is 4.74 Å². The summed E-state index contributed by atoms with van der Waals surface area (Å²) in [6, 6.07) is 8.04. The van der Waals surface area contributed by atoms with Crippen LogP contribution < -0.4 is 5.73 Å². The van der Waals surface area contributed by atoms with E-state index in [-0.39, 0.29) is 18.2 Å². The van der Waals surface area contributed by atoms with Crippen molar-refractivity contribution in [3.63, 3.8) is 0 Å². The summed E-state index contributed by atoms with van der Waals surface area (Å²) in [5.74, 6) is 0. The normalized spacial score (nSPS) is 23.0. The number of hydrogen-bond donors (Lipinski definition) is 1. The number of likely N-dealkylation sites (tertiary alicyclic amines) is 1. The lowest BCUT2D eigenvalue weighted by Gasteiger charge is -2.39. The molecule has 0 spiro atoms. The van der Waals surface area contributed by atoms with Crippen LogP contribution in [0.3, 0.4) is 0 Å². The zero-order valence-electron chi connectivity index (χ0n) is 12.8. The van der Waals surface area contributed by atoms with E-state index in [2.05, 4.69) is 15.9 Å². The number of ether oxygens (including phenoxy) is 1. The summed E-state index contributed by atoms with van der Waals surface area (Å²) >= 11 is 3.57. The van der Waals surface area contributed by atoms with Crippen molar-refractivity contribution >= 4 is 22.0 Å². The van der Waals surface area contributed by atoms with Gasteiger partial charge in [-0.2, -0.15) is 0 Å². The number of hydrogen-bond acceptors (Lipinski definition) is 3. The number of piperidine rings is 1. The molecule has 21 heavy (non-hydrogen) atoms. The molecule has 2 N–H and O–H groups in total. The molecule has 0 bridgehead atoms. The van der Waals surface area contributed by atoms with Crippen molar-refractivity contribution < 1.29 is 9.53 Å². The molecule has 1 aromatic rings. The SMILES string of the molecule is CC(C)(C)OC(=O)N1CCC(N)CC1c1ccccc1Br. The highest BCUT2D eigenvalue weighted by atomic mass is 79.9. The zero-order chi connectivity index (χ0) is 15.6. The second kappa shape index (κ2) is 6.36. The first-order valence-corrected chi connectivity index (χ1v) is 8.07. The van der Waals surface area contributed by atoms with Crippen LogP contribution in [0.15, 0.2) is 28.7 Å². The minimum Gasteiger partial charge on any atom is -0.444 e. The van der Waals surface area contributed by atoms with Gasteiger partial charge in [0.05, 0.1) is 6.04 Å². The molecule has 2 unspecified atom stereocenters. The predicted molar refractivity (Wildman–Crippen MR) is 87.0 cm³/mol. The van der Waals surface area contributed by atoms with Crippen molar-refractivity contribution in [2.75, 3.05) is 6.54 Å². The van der Waals surface area contributed by atoms with Gasteiger partial charge in [0.1, 0.15) is 5.60 Å². The molecule has 0 aliphatic carbocycles. The van der Waals surface area contributed by atoms with Crippen LogP contribution in [0, 0.1) is 0 Å². The number of carbonyl (C=O) groups excluding carboxylic acids is 1. The molecule has 5 heteroatoms. The molecule has 1 heterocycles. The highest BCUT2D eigenvalue weighted by Gasteiger charge is 2.34. The largest absolute Gasteiger partial charge is 0.444 e. The van der Waals surface area contributed by atoms with Crippen LogP contribution in [0.25, 0.3) is 0 Å². The van der Waals surface area contributed by atoms with Crippen molar-refractivity contribution in [2.24, 2.45) is 5.73 Å². The molecule has 2 rings (SSSR count). The number of nitrogens with zero attached hydrogens (tertiary/aromatic N) is 1. The van der Waals surface area contributed by atoms with Gasteiger partial charge >= 0.3 is 6.09 Å². The minimum atomic E-state index is -0.491. The van der Waals surface area contributed by atoms with E-state index >= 15 is 0 Å². The zero-order valence-corrected chi connectivity index (χ0v) is 14.4. The number of benzene rings is 1. The van der Waals surface area contributed by atoms with Gasteiger partial charge in [-0.1, -0.05) is 34.1 Å². The summed E-state index contributed by atoms with van der Waals surface area (Å²) in [6.07, 6.45) is 1.29. The fourth-order valence-electron chi connectivity index (χ4n) is 2.57. The number of rotatable bonds is 1. The Morgan fingerprint density at radius 1 is 1.38 bits per heavy atom. The van der Waals surface area contributed by atoms with E-state index in [9.17, 15) is 4.79 Å². The van der Waals surface area contributed by atoms with Crippen LogP contribution >= 0.6 is 15.9 Å². The van der Waals surface area contributed by atoms with Gasteiger partial charge in [0.25, 0.3) is 0 Å². The summed E-state index contributed by atoms with van der Waals surface area (Å²) in [7, 11) is 0. The summed E-state index contributed by atoms with van der Waals surface area (Å²) in [4.78, 5) is 14.3. The highest BCUT2D eigenvalue weighted by Crippen LogP contribution is 2.35. The van der Waals surface area contributed by atoms with Gasteiger partial charge in [0.2, 0.25) is 0 Å². The molecule has 2 atom stereocenters. The molecular weight excluding hydrogens is 332 g/mol. The molecule has 1 fully saturated rings. The third-order valence-corrected chi connectivity index (χ3v) is 4.26. The Kier molecular flexibility index (Phi) is 4.94. The Hall–Kier alpha value is -1.07. The average molecular weight is 355 g/mol. The number of nitrogens with two attached hydrogens (primary N) is 1. The summed E-state index contributed by atoms with van der Waals surface area (Å²) in [5.41, 5.74) is 6.70. The summed E-state index contributed by atoms with van der Waals surface area (Å²) < 4.78 is 6.53. The van der Waals surface area contributed by atoms with Crippen LogP contribution in [0.2, 0.25) is 0 Å². The molecular formula is C16H23BrN2O2. The molecule has 1 saturated heterocycles. The predicted octanol–water partition coefficient (Wildman–Crippen LogP) is 3.85. The summed E-state index contributed by atoms with van der Waals surface area (Å²) in [5, 5.41) is 0.